The van der Waals surface area contributed by atoms with Crippen molar-refractivity contribution in [3.05, 3.63) is 28.5 Å². The van der Waals surface area contributed by atoms with Crippen LogP contribution < -0.4 is 0 Å². The van der Waals surface area contributed by atoms with Gasteiger partial charge in [-0.15, -0.1) is 0 Å². The van der Waals surface area contributed by atoms with Gasteiger partial charge in [-0.25, -0.2) is 4.98 Å². The first-order valence-corrected chi connectivity index (χ1v) is 5.52. The second-order valence-electron chi connectivity index (χ2n) is 3.58. The summed E-state index contributed by atoms with van der Waals surface area (Å²) in [6.07, 6.45) is -0.293. The van der Waals surface area contributed by atoms with Crippen molar-refractivity contribution in [2.45, 2.75) is 19.1 Å². The van der Waals surface area contributed by atoms with Crippen molar-refractivity contribution in [1.29, 1.82) is 0 Å². The average molecular weight is 271 g/mol. The molecule has 0 radical (unpaired) electrons. The van der Waals surface area contributed by atoms with Gasteiger partial charge in [-0.05, 0) is 28.1 Å². The van der Waals surface area contributed by atoms with Crippen LogP contribution in [0.5, 0.6) is 0 Å². The molecule has 0 saturated carbocycles. The van der Waals surface area contributed by atoms with Gasteiger partial charge in [-0.3, -0.25) is 4.79 Å². The fraction of sp³-hybridized carbons (Fsp3) is 0.400. The third-order valence-corrected chi connectivity index (χ3v) is 2.76. The van der Waals surface area contributed by atoms with E-state index in [9.17, 15) is 9.90 Å². The lowest BCUT2D eigenvalue weighted by Crippen LogP contribution is -2.25. The number of β-amino-alcohol motifs (C(OH)–C–C–N with tert-alkyl or cyclic N) is 1. The maximum Gasteiger partial charge on any atom is 0.225 e. The third-order valence-electron chi connectivity index (χ3n) is 2.32. The van der Waals surface area contributed by atoms with E-state index in [0.717, 1.165) is 10.3 Å². The molecule has 0 spiro atoms. The minimum absolute atomic E-state index is 0.00993. The topological polar surface area (TPSA) is 53.4 Å². The fourth-order valence-corrected chi connectivity index (χ4v) is 2.02. The molecule has 1 fully saturated rings. The molecule has 2 heterocycles. The lowest BCUT2D eigenvalue weighted by molar-refractivity contribution is -0.128. The van der Waals surface area contributed by atoms with Crippen molar-refractivity contribution in [1.82, 2.24) is 9.88 Å². The molecule has 2 rings (SSSR count). The molecular formula is C10H11BrN2O2. The number of nitrogens with zero attached hydrogens (tertiary/aromatic N) is 2. The van der Waals surface area contributed by atoms with Gasteiger partial charge >= 0.3 is 0 Å². The highest BCUT2D eigenvalue weighted by atomic mass is 79.9. The first-order valence-electron chi connectivity index (χ1n) is 4.72. The molecular weight excluding hydrogens is 260 g/mol. The minimum atomic E-state index is -0.523. The van der Waals surface area contributed by atoms with Crippen molar-refractivity contribution in [3.63, 3.8) is 0 Å². The molecule has 80 valence electrons. The van der Waals surface area contributed by atoms with Crippen molar-refractivity contribution in [3.8, 4) is 0 Å². The van der Waals surface area contributed by atoms with Gasteiger partial charge in [-0.1, -0.05) is 6.07 Å². The van der Waals surface area contributed by atoms with Crippen LogP contribution in [0.1, 0.15) is 12.1 Å². The van der Waals surface area contributed by atoms with Crippen LogP contribution in [-0.2, 0) is 11.3 Å². The minimum Gasteiger partial charge on any atom is -0.391 e. The Hall–Kier alpha value is -0.940. The molecule has 1 aliphatic heterocycles. The van der Waals surface area contributed by atoms with Crippen LogP contribution in [0.15, 0.2) is 22.8 Å². The summed E-state index contributed by atoms with van der Waals surface area (Å²) in [5.41, 5.74) is 0.826. The number of rotatable bonds is 2. The summed E-state index contributed by atoms with van der Waals surface area (Å²) in [5.74, 6) is -0.00993. The van der Waals surface area contributed by atoms with Gasteiger partial charge in [-0.2, -0.15) is 0 Å². The quantitative estimate of drug-likeness (QED) is 0.814. The first kappa shape index (κ1) is 10.6. The monoisotopic (exact) mass is 270 g/mol. The Balaban J connectivity index is 2.06. The summed E-state index contributed by atoms with van der Waals surface area (Å²) in [4.78, 5) is 17.3. The first-order chi connectivity index (χ1) is 7.15. The number of amides is 1. The van der Waals surface area contributed by atoms with Crippen LogP contribution >= 0.6 is 15.9 Å². The Morgan fingerprint density at radius 1 is 1.60 bits per heavy atom. The molecule has 15 heavy (non-hydrogen) atoms. The van der Waals surface area contributed by atoms with Crippen molar-refractivity contribution < 1.29 is 9.90 Å². The standard InChI is InChI=1S/C10H11BrN2O2/c11-9-3-1-2-7(12-9)5-13-6-8(14)4-10(13)15/h1-3,8,14H,4-6H2/t8-/m1/s1. The molecule has 0 bridgehead atoms. The molecule has 1 saturated heterocycles. The molecule has 0 aromatic carbocycles. The van der Waals surface area contributed by atoms with Crippen molar-refractivity contribution in [2.24, 2.45) is 0 Å². The Morgan fingerprint density at radius 3 is 3.00 bits per heavy atom. The van der Waals surface area contributed by atoms with Crippen molar-refractivity contribution >= 4 is 21.8 Å². The van der Waals surface area contributed by atoms with Gasteiger partial charge in [0.1, 0.15) is 4.60 Å². The number of carbonyl (C=O) groups is 1. The second-order valence-corrected chi connectivity index (χ2v) is 4.40. The highest BCUT2D eigenvalue weighted by molar-refractivity contribution is 9.10. The molecule has 1 N–H and O–H groups in total. The number of aromatic nitrogens is 1. The number of aliphatic hydroxyl groups is 1. The van der Waals surface area contributed by atoms with E-state index in [1.807, 2.05) is 18.2 Å². The highest BCUT2D eigenvalue weighted by Gasteiger charge is 2.27. The fourth-order valence-electron chi connectivity index (χ4n) is 1.64. The summed E-state index contributed by atoms with van der Waals surface area (Å²) in [5, 5.41) is 9.31. The van der Waals surface area contributed by atoms with Crippen LogP contribution in [0, 0.1) is 0 Å². The van der Waals surface area contributed by atoms with Gasteiger partial charge in [0.2, 0.25) is 5.91 Å². The van der Waals surface area contributed by atoms with Crippen molar-refractivity contribution in [2.75, 3.05) is 6.54 Å². The number of halogens is 1. The third kappa shape index (κ3) is 2.54. The van der Waals surface area contributed by atoms with E-state index in [1.165, 1.54) is 0 Å². The van der Waals surface area contributed by atoms with Crippen LogP contribution in [0.3, 0.4) is 0 Å². The van der Waals surface area contributed by atoms with E-state index in [2.05, 4.69) is 20.9 Å². The molecule has 1 amide bonds. The molecule has 1 atom stereocenters. The summed E-state index contributed by atoms with van der Waals surface area (Å²) in [6, 6.07) is 5.58. The van der Waals surface area contributed by atoms with Crippen LogP contribution in [-0.4, -0.2) is 33.5 Å². The Kier molecular flexibility index (Phi) is 3.02. The zero-order valence-electron chi connectivity index (χ0n) is 8.06. The van der Waals surface area contributed by atoms with E-state index in [4.69, 9.17) is 0 Å². The predicted molar refractivity (Wildman–Crippen MR) is 58.0 cm³/mol. The SMILES string of the molecule is O=C1C[C@@H](O)CN1Cc1cccc(Br)n1. The molecule has 1 aromatic rings. The maximum atomic E-state index is 11.4. The zero-order chi connectivity index (χ0) is 10.8. The second kappa shape index (κ2) is 4.28. The lowest BCUT2D eigenvalue weighted by atomic mass is 10.3. The van der Waals surface area contributed by atoms with Crippen LogP contribution in [0.25, 0.3) is 0 Å². The normalized spacial score (nSPS) is 21.1. The summed E-state index contributed by atoms with van der Waals surface area (Å²) < 4.78 is 0.757. The molecule has 4 nitrogen and oxygen atoms in total. The molecule has 1 aliphatic rings. The number of hydrogen-bond acceptors (Lipinski definition) is 3. The van der Waals surface area contributed by atoms with Gasteiger partial charge in [0.15, 0.2) is 0 Å². The van der Waals surface area contributed by atoms with Gasteiger partial charge in [0.05, 0.1) is 24.8 Å². The molecule has 1 aromatic heterocycles. The number of pyridine rings is 1. The predicted octanol–water partition coefficient (Wildman–Crippen LogP) is 0.937. The molecule has 0 unspecified atom stereocenters. The largest absolute Gasteiger partial charge is 0.391 e. The number of likely N-dealkylation sites (tertiary alicyclic amines) is 1. The molecule has 5 heteroatoms. The van der Waals surface area contributed by atoms with E-state index in [-0.39, 0.29) is 12.3 Å². The Morgan fingerprint density at radius 2 is 2.40 bits per heavy atom. The lowest BCUT2D eigenvalue weighted by Gasteiger charge is -2.14. The average Bonchev–Trinajstić information content (AvgIpc) is 2.45. The number of carbonyl (C=O) groups excluding carboxylic acids is 1. The molecule has 0 aliphatic carbocycles. The summed E-state index contributed by atoms with van der Waals surface area (Å²) in [6.45, 7) is 0.877. The van der Waals surface area contributed by atoms with E-state index in [0.29, 0.717) is 13.1 Å². The summed E-state index contributed by atoms with van der Waals surface area (Å²) in [7, 11) is 0. The Bertz CT molecular complexity index is 383. The van der Waals surface area contributed by atoms with Gasteiger partial charge in [0, 0.05) is 6.54 Å². The smallest absolute Gasteiger partial charge is 0.225 e. The van der Waals surface area contributed by atoms with Crippen LogP contribution in [0.2, 0.25) is 0 Å². The highest BCUT2D eigenvalue weighted by Crippen LogP contribution is 2.15. The van der Waals surface area contributed by atoms with Crippen LogP contribution in [0.4, 0.5) is 0 Å². The van der Waals surface area contributed by atoms with E-state index >= 15 is 0 Å². The van der Waals surface area contributed by atoms with Gasteiger partial charge < -0.3 is 10.0 Å². The van der Waals surface area contributed by atoms with E-state index < -0.39 is 6.10 Å². The Labute approximate surface area is 96.1 Å². The number of hydrogen-bond donors (Lipinski definition) is 1. The van der Waals surface area contributed by atoms with Gasteiger partial charge in [0.25, 0.3) is 0 Å². The van der Waals surface area contributed by atoms with E-state index in [1.54, 1.807) is 4.90 Å². The number of aliphatic hydroxyl groups excluding tert-OH is 1. The summed E-state index contributed by atoms with van der Waals surface area (Å²) >= 11 is 3.27. The zero-order valence-corrected chi connectivity index (χ0v) is 9.64. The maximum absolute atomic E-state index is 11.4.